The fourth-order valence-electron chi connectivity index (χ4n) is 3.39. The van der Waals surface area contributed by atoms with E-state index in [9.17, 15) is 4.79 Å². The minimum absolute atomic E-state index is 0.0580. The van der Waals surface area contributed by atoms with Gasteiger partial charge in [-0.15, -0.1) is 21.5 Å². The third-order valence-electron chi connectivity index (χ3n) is 5.20. The van der Waals surface area contributed by atoms with Gasteiger partial charge in [0.1, 0.15) is 28.2 Å². The van der Waals surface area contributed by atoms with Crippen LogP contribution in [0.25, 0.3) is 21.5 Å². The molecule has 0 spiro atoms. The lowest BCUT2D eigenvalue weighted by Gasteiger charge is -2.06. The van der Waals surface area contributed by atoms with Crippen LogP contribution in [0.1, 0.15) is 29.6 Å². The molecule has 0 atom stereocenters. The number of thiazole rings is 1. The summed E-state index contributed by atoms with van der Waals surface area (Å²) in [5, 5.41) is 25.0. The molecule has 5 rings (SSSR count). The van der Waals surface area contributed by atoms with Crippen molar-refractivity contribution >= 4 is 27.5 Å². The second-order valence-corrected chi connectivity index (χ2v) is 8.81. The predicted octanol–water partition coefficient (Wildman–Crippen LogP) is 2.39. The van der Waals surface area contributed by atoms with E-state index >= 15 is 0 Å². The average Bonchev–Trinajstić information content (AvgIpc) is 3.10. The zero-order chi connectivity index (χ0) is 22.3. The van der Waals surface area contributed by atoms with Crippen molar-refractivity contribution in [1.82, 2.24) is 30.3 Å². The van der Waals surface area contributed by atoms with Crippen LogP contribution in [0.2, 0.25) is 0 Å². The first-order valence-electron chi connectivity index (χ1n) is 9.98. The maximum atomic E-state index is 12.1. The summed E-state index contributed by atoms with van der Waals surface area (Å²) in [5.41, 5.74) is 1.85. The summed E-state index contributed by atoms with van der Waals surface area (Å²) in [4.78, 5) is 16.8. The first-order chi connectivity index (χ1) is 15.5. The third-order valence-corrected chi connectivity index (χ3v) is 6.20. The number of aryl methyl sites for hydroxylation is 1. The molecule has 0 radical (unpaired) electrons. The molecule has 3 aromatic heterocycles. The van der Waals surface area contributed by atoms with Gasteiger partial charge in [0, 0.05) is 18.8 Å². The van der Waals surface area contributed by atoms with Gasteiger partial charge in [0.25, 0.3) is 0 Å². The summed E-state index contributed by atoms with van der Waals surface area (Å²) in [6, 6.07) is 8.03. The highest BCUT2D eigenvalue weighted by Crippen LogP contribution is 2.36. The molecule has 1 fully saturated rings. The van der Waals surface area contributed by atoms with Crippen LogP contribution in [-0.4, -0.2) is 43.5 Å². The Bertz CT molecular complexity index is 1360. The summed E-state index contributed by atoms with van der Waals surface area (Å²) < 4.78 is 13.9. The molecule has 0 unspecified atom stereocenters. The van der Waals surface area contributed by atoms with Crippen LogP contribution in [0.5, 0.6) is 5.75 Å². The van der Waals surface area contributed by atoms with Gasteiger partial charge in [-0.1, -0.05) is 0 Å². The van der Waals surface area contributed by atoms with Crippen molar-refractivity contribution < 1.29 is 13.9 Å². The van der Waals surface area contributed by atoms with E-state index in [1.807, 2.05) is 31.4 Å². The first kappa shape index (κ1) is 20.1. The standard InChI is InChI=1S/C21H19N7O3S/c1-28-6-3-13(27-28)12-7-14(30-2)20-15(8-12)32-19(23-20)10-18-26-25-17(31-18)9-16(29)24-21(11-22)4-5-21/h3,6-8H,4-5,9-10H2,1-2H3,(H,24,29). The lowest BCUT2D eigenvalue weighted by Crippen LogP contribution is -2.36. The van der Waals surface area contributed by atoms with Crippen molar-refractivity contribution in [2.75, 3.05) is 7.11 Å². The van der Waals surface area contributed by atoms with Crippen LogP contribution in [0.15, 0.2) is 28.8 Å². The smallest absolute Gasteiger partial charge is 0.230 e. The molecule has 1 saturated carbocycles. The number of methoxy groups -OCH3 is 1. The molecule has 0 bridgehead atoms. The van der Waals surface area contributed by atoms with E-state index in [0.717, 1.165) is 26.5 Å². The van der Waals surface area contributed by atoms with Crippen LogP contribution in [-0.2, 0) is 24.7 Å². The largest absolute Gasteiger partial charge is 0.494 e. The number of hydrogen-bond acceptors (Lipinski definition) is 9. The highest BCUT2D eigenvalue weighted by molar-refractivity contribution is 7.18. The molecule has 1 N–H and O–H groups in total. The second-order valence-electron chi connectivity index (χ2n) is 7.69. The fraction of sp³-hybridized carbons (Fsp3) is 0.333. The number of ether oxygens (including phenoxy) is 1. The number of carbonyl (C=O) groups is 1. The minimum Gasteiger partial charge on any atom is -0.494 e. The van der Waals surface area contributed by atoms with E-state index in [4.69, 9.17) is 14.4 Å². The van der Waals surface area contributed by atoms with Crippen molar-refractivity contribution in [1.29, 1.82) is 5.26 Å². The summed E-state index contributed by atoms with van der Waals surface area (Å²) in [7, 11) is 3.49. The number of nitrogens with one attached hydrogen (secondary N) is 1. The minimum atomic E-state index is -0.714. The zero-order valence-corrected chi connectivity index (χ0v) is 18.3. The number of fused-ring (bicyclic) bond motifs is 1. The Morgan fingerprint density at radius 1 is 1.38 bits per heavy atom. The number of benzene rings is 1. The average molecular weight is 449 g/mol. The van der Waals surface area contributed by atoms with Crippen molar-refractivity contribution in [3.63, 3.8) is 0 Å². The summed E-state index contributed by atoms with van der Waals surface area (Å²) in [6.45, 7) is 0. The highest BCUT2D eigenvalue weighted by Gasteiger charge is 2.44. The zero-order valence-electron chi connectivity index (χ0n) is 17.5. The lowest BCUT2D eigenvalue weighted by molar-refractivity contribution is -0.121. The molecular formula is C21H19N7O3S. The van der Waals surface area contributed by atoms with Crippen LogP contribution >= 0.6 is 11.3 Å². The van der Waals surface area contributed by atoms with Gasteiger partial charge in [0.2, 0.25) is 17.7 Å². The number of rotatable bonds is 7. The molecule has 1 amide bonds. The molecule has 162 valence electrons. The Hall–Kier alpha value is -3.78. The Morgan fingerprint density at radius 3 is 2.88 bits per heavy atom. The maximum Gasteiger partial charge on any atom is 0.230 e. The van der Waals surface area contributed by atoms with Crippen molar-refractivity contribution in [3.05, 3.63) is 41.2 Å². The van der Waals surface area contributed by atoms with E-state index in [-0.39, 0.29) is 18.2 Å². The molecular weight excluding hydrogens is 430 g/mol. The number of nitriles is 1. The predicted molar refractivity (Wildman–Crippen MR) is 115 cm³/mol. The molecule has 1 aromatic carbocycles. The summed E-state index contributed by atoms with van der Waals surface area (Å²) in [6.07, 6.45) is 3.53. The van der Waals surface area contributed by atoms with Gasteiger partial charge in [0.15, 0.2) is 0 Å². The molecule has 1 aliphatic carbocycles. The van der Waals surface area contributed by atoms with E-state index in [2.05, 4.69) is 31.7 Å². The van der Waals surface area contributed by atoms with Gasteiger partial charge in [-0.2, -0.15) is 10.4 Å². The Balaban J connectivity index is 1.33. The SMILES string of the molecule is COc1cc(-c2ccn(C)n2)cc2sc(Cc3nnc(CC(=O)NC4(C#N)CC4)o3)nc12. The normalized spacial score (nSPS) is 14.3. The maximum absolute atomic E-state index is 12.1. The second kappa shape index (κ2) is 7.72. The van der Waals surface area contributed by atoms with Gasteiger partial charge < -0.3 is 14.5 Å². The monoisotopic (exact) mass is 449 g/mol. The van der Waals surface area contributed by atoms with Crippen LogP contribution < -0.4 is 10.1 Å². The van der Waals surface area contributed by atoms with E-state index < -0.39 is 5.54 Å². The number of nitrogens with zero attached hydrogens (tertiary/aromatic N) is 6. The first-order valence-corrected chi connectivity index (χ1v) is 10.8. The van der Waals surface area contributed by atoms with E-state index in [1.165, 1.54) is 11.3 Å². The topological polar surface area (TPSA) is 132 Å². The summed E-state index contributed by atoms with van der Waals surface area (Å²) in [5.74, 6) is 0.950. The van der Waals surface area contributed by atoms with Crippen LogP contribution in [0.3, 0.4) is 0 Å². The number of carbonyl (C=O) groups excluding carboxylic acids is 1. The quantitative estimate of drug-likeness (QED) is 0.455. The Labute approximate surface area is 186 Å². The Morgan fingerprint density at radius 2 is 2.19 bits per heavy atom. The van der Waals surface area contributed by atoms with Crippen molar-refractivity contribution in [2.24, 2.45) is 7.05 Å². The molecule has 10 nitrogen and oxygen atoms in total. The number of hydrogen-bond donors (Lipinski definition) is 1. The molecule has 0 aliphatic heterocycles. The Kier molecular flexibility index (Phi) is 4.86. The van der Waals surface area contributed by atoms with Gasteiger partial charge >= 0.3 is 0 Å². The van der Waals surface area contributed by atoms with Gasteiger partial charge in [0.05, 0.1) is 30.0 Å². The van der Waals surface area contributed by atoms with E-state index in [0.29, 0.717) is 30.9 Å². The highest BCUT2D eigenvalue weighted by atomic mass is 32.1. The molecule has 4 aromatic rings. The van der Waals surface area contributed by atoms with Gasteiger partial charge in [-0.3, -0.25) is 9.48 Å². The van der Waals surface area contributed by atoms with Gasteiger partial charge in [-0.25, -0.2) is 4.98 Å². The van der Waals surface area contributed by atoms with Crippen LogP contribution in [0, 0.1) is 11.3 Å². The number of aromatic nitrogens is 5. The third kappa shape index (κ3) is 3.92. The summed E-state index contributed by atoms with van der Waals surface area (Å²) >= 11 is 1.51. The van der Waals surface area contributed by atoms with Crippen molar-refractivity contribution in [2.45, 2.75) is 31.2 Å². The number of amides is 1. The fourth-order valence-corrected chi connectivity index (χ4v) is 4.41. The lowest BCUT2D eigenvalue weighted by atomic mass is 10.1. The van der Waals surface area contributed by atoms with Crippen molar-refractivity contribution in [3.8, 4) is 23.1 Å². The molecule has 32 heavy (non-hydrogen) atoms. The molecule has 1 aliphatic rings. The van der Waals surface area contributed by atoms with E-state index in [1.54, 1.807) is 11.8 Å². The van der Waals surface area contributed by atoms with Gasteiger partial charge in [-0.05, 0) is 31.0 Å². The molecule has 0 saturated heterocycles. The van der Waals surface area contributed by atoms with Crippen LogP contribution in [0.4, 0.5) is 0 Å². The molecule has 11 heteroatoms. The molecule has 3 heterocycles.